The number of carboxylic acid groups (broad SMARTS) is 1. The van der Waals surface area contributed by atoms with E-state index in [1.54, 1.807) is 10.8 Å². The lowest BCUT2D eigenvalue weighted by Crippen LogP contribution is -2.47. The number of hydrogen-bond acceptors (Lipinski definition) is 4. The highest BCUT2D eigenvalue weighted by atomic mass is 16.4. The van der Waals surface area contributed by atoms with Crippen molar-refractivity contribution in [3.8, 4) is 0 Å². The Morgan fingerprint density at radius 2 is 1.86 bits per heavy atom. The van der Waals surface area contributed by atoms with Crippen LogP contribution < -0.4 is 0 Å². The Hall–Kier alpha value is -2.15. The van der Waals surface area contributed by atoms with E-state index in [1.807, 2.05) is 4.90 Å². The van der Waals surface area contributed by atoms with Gasteiger partial charge in [0, 0.05) is 36.3 Å². The van der Waals surface area contributed by atoms with Crippen LogP contribution in [-0.4, -0.2) is 68.8 Å². The van der Waals surface area contributed by atoms with Crippen molar-refractivity contribution in [1.82, 2.24) is 19.6 Å². The summed E-state index contributed by atoms with van der Waals surface area (Å²) in [6.07, 6.45) is 8.47. The number of carbonyl (C=O) groups is 2. The van der Waals surface area contributed by atoms with Gasteiger partial charge >= 0.3 is 5.97 Å². The van der Waals surface area contributed by atoms with E-state index < -0.39 is 5.97 Å². The zero-order valence-electron chi connectivity index (χ0n) is 16.5. The monoisotopic (exact) mass is 386 g/mol. The molecule has 0 radical (unpaired) electrons. The number of hydrogen-bond donors (Lipinski definition) is 1. The van der Waals surface area contributed by atoms with Crippen molar-refractivity contribution < 1.29 is 14.7 Å². The molecule has 1 amide bonds. The molecule has 1 aromatic heterocycles. The highest BCUT2D eigenvalue weighted by molar-refractivity contribution is 5.87. The average Bonchev–Trinajstić information content (AvgIpc) is 3.36. The summed E-state index contributed by atoms with van der Waals surface area (Å²) in [4.78, 5) is 28.8. The highest BCUT2D eigenvalue weighted by Crippen LogP contribution is 2.31. The lowest BCUT2D eigenvalue weighted by molar-refractivity contribution is -0.136. The number of piperidine rings is 1. The average molecular weight is 386 g/mol. The third kappa shape index (κ3) is 3.60. The van der Waals surface area contributed by atoms with E-state index >= 15 is 0 Å². The quantitative estimate of drug-likeness (QED) is 0.783. The summed E-state index contributed by atoms with van der Waals surface area (Å²) in [5, 5.41) is 13.9. The van der Waals surface area contributed by atoms with Gasteiger partial charge in [0.1, 0.15) is 0 Å². The molecule has 3 heterocycles. The third-order valence-corrected chi connectivity index (χ3v) is 6.64. The Kier molecular flexibility index (Phi) is 5.53. The van der Waals surface area contributed by atoms with Crippen LogP contribution >= 0.6 is 0 Å². The summed E-state index contributed by atoms with van der Waals surface area (Å²) in [6.45, 7) is 8.00. The van der Waals surface area contributed by atoms with E-state index in [2.05, 4.69) is 16.6 Å². The van der Waals surface area contributed by atoms with E-state index in [0.717, 1.165) is 82.4 Å². The molecule has 2 saturated heterocycles. The molecule has 2 aliphatic heterocycles. The van der Waals surface area contributed by atoms with E-state index in [9.17, 15) is 14.7 Å². The number of nitrogens with zero attached hydrogens (tertiary/aromatic N) is 4. The first kappa shape index (κ1) is 19.2. The van der Waals surface area contributed by atoms with Gasteiger partial charge in [-0.15, -0.1) is 6.58 Å². The number of likely N-dealkylation sites (tertiary alicyclic amines) is 2. The van der Waals surface area contributed by atoms with Crippen LogP contribution in [0.1, 0.15) is 53.8 Å². The smallest absolute Gasteiger partial charge is 0.356 e. The fraction of sp³-hybridized carbons (Fsp3) is 0.667. The molecular weight excluding hydrogens is 356 g/mol. The van der Waals surface area contributed by atoms with Crippen molar-refractivity contribution >= 4 is 11.9 Å². The Labute approximate surface area is 166 Å². The topological polar surface area (TPSA) is 78.7 Å². The van der Waals surface area contributed by atoms with Gasteiger partial charge in [0.25, 0.3) is 0 Å². The van der Waals surface area contributed by atoms with Crippen molar-refractivity contribution in [2.24, 2.45) is 5.92 Å². The second-order valence-corrected chi connectivity index (χ2v) is 8.29. The Bertz CT molecular complexity index is 758. The van der Waals surface area contributed by atoms with Gasteiger partial charge in [0.05, 0.1) is 6.54 Å². The standard InChI is InChI=1S/C21H30N4O3/c1-2-9-25-18-6-5-16(14-17(18)19(22-25)21(27)28)23-12-7-15(8-13-23)20(26)24-10-3-4-11-24/h2,15-16H,1,3-14H2,(H,27,28)/t16-/m0/s1. The van der Waals surface area contributed by atoms with Crippen molar-refractivity contribution in [3.63, 3.8) is 0 Å². The molecule has 28 heavy (non-hydrogen) atoms. The molecule has 1 aliphatic carbocycles. The third-order valence-electron chi connectivity index (χ3n) is 6.64. The van der Waals surface area contributed by atoms with Gasteiger partial charge in [0.15, 0.2) is 5.69 Å². The van der Waals surface area contributed by atoms with Gasteiger partial charge in [-0.05, 0) is 58.0 Å². The zero-order chi connectivity index (χ0) is 19.7. The molecule has 2 fully saturated rings. The van der Waals surface area contributed by atoms with Gasteiger partial charge in [-0.1, -0.05) is 6.08 Å². The number of carbonyl (C=O) groups excluding carboxylic acids is 1. The summed E-state index contributed by atoms with van der Waals surface area (Å²) < 4.78 is 1.79. The molecule has 1 N–H and O–H groups in total. The van der Waals surface area contributed by atoms with Crippen LogP contribution in [-0.2, 0) is 24.2 Å². The van der Waals surface area contributed by atoms with Crippen molar-refractivity contribution in [3.05, 3.63) is 29.6 Å². The fourth-order valence-electron chi connectivity index (χ4n) is 5.13. The molecule has 4 rings (SSSR count). The van der Waals surface area contributed by atoms with Gasteiger partial charge in [-0.25, -0.2) is 4.79 Å². The van der Waals surface area contributed by atoms with Crippen LogP contribution in [0.25, 0.3) is 0 Å². The molecule has 1 atom stereocenters. The van der Waals surface area contributed by atoms with Crippen LogP contribution in [0.3, 0.4) is 0 Å². The molecule has 0 spiro atoms. The summed E-state index contributed by atoms with van der Waals surface area (Å²) in [6, 6.07) is 0.342. The largest absolute Gasteiger partial charge is 0.476 e. The van der Waals surface area contributed by atoms with Crippen LogP contribution in [0, 0.1) is 5.92 Å². The SMILES string of the molecule is C=CCn1nc(C(=O)O)c2c1CC[C@H](N1CCC(C(=O)N3CCCC3)CC1)C2. The first-order chi connectivity index (χ1) is 13.6. The maximum atomic E-state index is 12.7. The van der Waals surface area contributed by atoms with Crippen molar-refractivity contribution in [2.45, 2.75) is 57.5 Å². The molecule has 7 nitrogen and oxygen atoms in total. The molecule has 3 aliphatic rings. The molecule has 152 valence electrons. The van der Waals surface area contributed by atoms with Gasteiger partial charge in [-0.2, -0.15) is 5.10 Å². The van der Waals surface area contributed by atoms with Crippen molar-refractivity contribution in [2.75, 3.05) is 26.2 Å². The lowest BCUT2D eigenvalue weighted by atomic mass is 9.87. The lowest BCUT2D eigenvalue weighted by Gasteiger charge is -2.39. The Balaban J connectivity index is 1.40. The first-order valence-corrected chi connectivity index (χ1v) is 10.5. The summed E-state index contributed by atoms with van der Waals surface area (Å²) in [5.41, 5.74) is 2.13. The molecule has 1 aromatic rings. The van der Waals surface area contributed by atoms with E-state index in [0.29, 0.717) is 18.5 Å². The number of allylic oxidation sites excluding steroid dienone is 1. The molecule has 0 bridgehead atoms. The number of aromatic nitrogens is 2. The maximum absolute atomic E-state index is 12.7. The summed E-state index contributed by atoms with van der Waals surface area (Å²) >= 11 is 0. The maximum Gasteiger partial charge on any atom is 0.356 e. The number of carboxylic acids is 1. The van der Waals surface area contributed by atoms with Crippen LogP contribution in [0.4, 0.5) is 0 Å². The Morgan fingerprint density at radius 3 is 2.50 bits per heavy atom. The molecule has 0 saturated carbocycles. The highest BCUT2D eigenvalue weighted by Gasteiger charge is 2.35. The predicted octanol–water partition coefficient (Wildman–Crippen LogP) is 1.96. The van der Waals surface area contributed by atoms with Gasteiger partial charge < -0.3 is 10.0 Å². The minimum atomic E-state index is -0.949. The van der Waals surface area contributed by atoms with Gasteiger partial charge in [-0.3, -0.25) is 14.4 Å². The fourth-order valence-corrected chi connectivity index (χ4v) is 5.13. The number of fused-ring (bicyclic) bond motifs is 1. The normalized spacial score (nSPS) is 23.6. The Morgan fingerprint density at radius 1 is 1.14 bits per heavy atom. The summed E-state index contributed by atoms with van der Waals surface area (Å²) in [7, 11) is 0. The number of rotatable bonds is 5. The molecule has 0 unspecified atom stereocenters. The minimum Gasteiger partial charge on any atom is -0.476 e. The minimum absolute atomic E-state index is 0.165. The molecule has 0 aromatic carbocycles. The van der Waals surface area contributed by atoms with Crippen LogP contribution in [0.2, 0.25) is 0 Å². The van der Waals surface area contributed by atoms with Gasteiger partial charge in [0.2, 0.25) is 5.91 Å². The van der Waals surface area contributed by atoms with E-state index in [4.69, 9.17) is 0 Å². The number of aromatic carboxylic acids is 1. The number of amides is 1. The molecule has 7 heteroatoms. The van der Waals surface area contributed by atoms with Crippen LogP contribution in [0.5, 0.6) is 0 Å². The van der Waals surface area contributed by atoms with Crippen LogP contribution in [0.15, 0.2) is 12.7 Å². The molecular formula is C21H30N4O3. The predicted molar refractivity (Wildman–Crippen MR) is 105 cm³/mol. The van der Waals surface area contributed by atoms with E-state index in [-0.39, 0.29) is 11.6 Å². The second kappa shape index (κ2) is 8.07. The summed E-state index contributed by atoms with van der Waals surface area (Å²) in [5.74, 6) is -0.435. The second-order valence-electron chi connectivity index (χ2n) is 8.29. The first-order valence-electron chi connectivity index (χ1n) is 10.5. The van der Waals surface area contributed by atoms with E-state index in [1.165, 1.54) is 0 Å². The zero-order valence-corrected chi connectivity index (χ0v) is 16.5. The van der Waals surface area contributed by atoms with Crippen molar-refractivity contribution in [1.29, 1.82) is 0 Å².